The molecule has 0 bridgehead atoms. The molecule has 0 aliphatic rings. The van der Waals surface area contributed by atoms with E-state index in [2.05, 4.69) is 193 Å². The summed E-state index contributed by atoms with van der Waals surface area (Å²) < 4.78 is 9.09. The maximum atomic E-state index is 6.53. The van der Waals surface area contributed by atoms with Crippen molar-refractivity contribution in [3.63, 3.8) is 0 Å². The van der Waals surface area contributed by atoms with Crippen LogP contribution in [0.5, 0.6) is 0 Å². The van der Waals surface area contributed by atoms with E-state index in [1.54, 1.807) is 0 Å². The zero-order valence-corrected chi connectivity index (χ0v) is 29.5. The predicted molar refractivity (Wildman–Crippen MR) is 227 cm³/mol. The van der Waals surface area contributed by atoms with E-state index in [0.717, 1.165) is 33.6 Å². The van der Waals surface area contributed by atoms with Crippen molar-refractivity contribution >= 4 is 92.1 Å². The molecule has 0 N–H and O–H groups in total. The summed E-state index contributed by atoms with van der Waals surface area (Å²) in [5, 5.41) is 9.90. The van der Waals surface area contributed by atoms with Crippen LogP contribution in [0.25, 0.3) is 85.9 Å². The molecule has 2 nitrogen and oxygen atoms in total. The van der Waals surface area contributed by atoms with Crippen LogP contribution < -0.4 is 4.90 Å². The zero-order chi connectivity index (χ0) is 34.9. The number of rotatable bonds is 5. The summed E-state index contributed by atoms with van der Waals surface area (Å²) >= 11 is 1.86. The molecule has 2 aromatic heterocycles. The van der Waals surface area contributed by atoms with Crippen molar-refractivity contribution in [1.29, 1.82) is 0 Å². The standard InChI is InChI=1S/C50H31NOS/c1-2-9-32(10-3-1)33-17-21-38(22-18-33)51(39-23-19-35(20-24-39)42-16-8-14-34-11-6-7-15-41(34)42)40-25-27-46-45(31-40)49-47(52-46)28-26-43-44-29-36-12-4-5-13-37(36)30-48(44)53-50(43)49/h1-31H. The Morgan fingerprint density at radius 1 is 0.377 bits per heavy atom. The number of furan rings is 1. The van der Waals surface area contributed by atoms with Gasteiger partial charge in [-0.05, 0) is 111 Å². The number of fused-ring (bicyclic) bond motifs is 9. The Hall–Kier alpha value is -6.68. The first-order chi connectivity index (χ1) is 26.2. The van der Waals surface area contributed by atoms with Crippen molar-refractivity contribution < 1.29 is 4.42 Å². The smallest absolute Gasteiger partial charge is 0.136 e. The summed E-state index contributed by atoms with van der Waals surface area (Å²) in [6, 6.07) is 67.9. The van der Waals surface area contributed by atoms with Crippen LogP contribution in [0.4, 0.5) is 17.1 Å². The van der Waals surface area contributed by atoms with Gasteiger partial charge >= 0.3 is 0 Å². The third-order valence-electron chi connectivity index (χ3n) is 10.6. The molecule has 0 amide bonds. The first-order valence-corrected chi connectivity index (χ1v) is 18.8. The molecule has 11 aromatic rings. The van der Waals surface area contributed by atoms with Gasteiger partial charge in [-0.2, -0.15) is 0 Å². The predicted octanol–water partition coefficient (Wildman–Crippen LogP) is 15.1. The lowest BCUT2D eigenvalue weighted by Crippen LogP contribution is -2.09. The molecule has 0 fully saturated rings. The van der Waals surface area contributed by atoms with Crippen molar-refractivity contribution in [2.24, 2.45) is 0 Å². The molecule has 0 saturated heterocycles. The molecular weight excluding hydrogens is 663 g/mol. The average molecular weight is 694 g/mol. The monoisotopic (exact) mass is 693 g/mol. The van der Waals surface area contributed by atoms with E-state index in [9.17, 15) is 0 Å². The lowest BCUT2D eigenvalue weighted by Gasteiger charge is -2.26. The van der Waals surface area contributed by atoms with E-state index >= 15 is 0 Å². The summed E-state index contributed by atoms with van der Waals surface area (Å²) in [6.07, 6.45) is 0. The van der Waals surface area contributed by atoms with Gasteiger partial charge in [0.2, 0.25) is 0 Å². The van der Waals surface area contributed by atoms with E-state index < -0.39 is 0 Å². The van der Waals surface area contributed by atoms with Crippen LogP contribution in [0, 0.1) is 0 Å². The lowest BCUT2D eigenvalue weighted by molar-refractivity contribution is 0.669. The molecule has 9 aromatic carbocycles. The largest absolute Gasteiger partial charge is 0.456 e. The van der Waals surface area contributed by atoms with Gasteiger partial charge in [-0.1, -0.05) is 121 Å². The minimum atomic E-state index is 0.893. The van der Waals surface area contributed by atoms with Gasteiger partial charge in [-0.25, -0.2) is 0 Å². The Morgan fingerprint density at radius 3 is 1.79 bits per heavy atom. The van der Waals surface area contributed by atoms with Crippen molar-refractivity contribution in [2.75, 3.05) is 4.90 Å². The van der Waals surface area contributed by atoms with Gasteiger partial charge in [0, 0.05) is 48.0 Å². The summed E-state index contributed by atoms with van der Waals surface area (Å²) in [6.45, 7) is 0. The number of anilines is 3. The van der Waals surface area contributed by atoms with E-state index in [-0.39, 0.29) is 0 Å². The minimum Gasteiger partial charge on any atom is -0.456 e. The molecule has 53 heavy (non-hydrogen) atoms. The molecule has 0 radical (unpaired) electrons. The fourth-order valence-electron chi connectivity index (χ4n) is 8.05. The van der Waals surface area contributed by atoms with Gasteiger partial charge in [0.05, 0.1) is 0 Å². The van der Waals surface area contributed by atoms with Gasteiger partial charge in [0.25, 0.3) is 0 Å². The highest BCUT2D eigenvalue weighted by atomic mass is 32.1. The fraction of sp³-hybridized carbons (Fsp3) is 0. The number of hydrogen-bond donors (Lipinski definition) is 0. The molecule has 0 aliphatic carbocycles. The second-order valence-corrected chi connectivity index (χ2v) is 14.8. The van der Waals surface area contributed by atoms with Crippen molar-refractivity contribution in [2.45, 2.75) is 0 Å². The fourth-order valence-corrected chi connectivity index (χ4v) is 9.34. The van der Waals surface area contributed by atoms with Crippen LogP contribution in [0.15, 0.2) is 192 Å². The number of nitrogens with zero attached hydrogens (tertiary/aromatic N) is 1. The molecule has 248 valence electrons. The van der Waals surface area contributed by atoms with Crippen LogP contribution in [-0.2, 0) is 0 Å². The normalized spacial score (nSPS) is 11.8. The van der Waals surface area contributed by atoms with Gasteiger partial charge in [-0.3, -0.25) is 0 Å². The summed E-state index contributed by atoms with van der Waals surface area (Å²) in [4.78, 5) is 2.36. The first-order valence-electron chi connectivity index (χ1n) is 18.0. The third-order valence-corrected chi connectivity index (χ3v) is 11.8. The summed E-state index contributed by atoms with van der Waals surface area (Å²) in [7, 11) is 0. The second kappa shape index (κ2) is 11.9. The summed E-state index contributed by atoms with van der Waals surface area (Å²) in [5.41, 5.74) is 9.90. The molecule has 0 atom stereocenters. The van der Waals surface area contributed by atoms with Gasteiger partial charge in [-0.15, -0.1) is 11.3 Å². The number of hydrogen-bond acceptors (Lipinski definition) is 3. The van der Waals surface area contributed by atoms with Crippen molar-refractivity contribution in [3.05, 3.63) is 188 Å². The molecule has 2 heterocycles. The van der Waals surface area contributed by atoms with Crippen LogP contribution in [0.2, 0.25) is 0 Å². The van der Waals surface area contributed by atoms with Crippen LogP contribution >= 0.6 is 11.3 Å². The molecule has 0 saturated carbocycles. The highest BCUT2D eigenvalue weighted by Gasteiger charge is 2.19. The molecule has 3 heteroatoms. The van der Waals surface area contributed by atoms with Gasteiger partial charge < -0.3 is 9.32 Å². The Kier molecular flexibility index (Phi) is 6.76. The van der Waals surface area contributed by atoms with Crippen LogP contribution in [0.3, 0.4) is 0 Å². The van der Waals surface area contributed by atoms with Crippen molar-refractivity contribution in [1.82, 2.24) is 0 Å². The lowest BCUT2D eigenvalue weighted by atomic mass is 9.98. The Balaban J connectivity index is 1.09. The quantitative estimate of drug-likeness (QED) is 0.178. The molecule has 0 unspecified atom stereocenters. The highest BCUT2D eigenvalue weighted by molar-refractivity contribution is 7.26. The van der Waals surface area contributed by atoms with Gasteiger partial charge in [0.15, 0.2) is 0 Å². The van der Waals surface area contributed by atoms with E-state index in [1.165, 1.54) is 69.4 Å². The topological polar surface area (TPSA) is 16.4 Å². The number of benzene rings is 9. The minimum absolute atomic E-state index is 0.893. The van der Waals surface area contributed by atoms with Crippen molar-refractivity contribution in [3.8, 4) is 22.3 Å². The zero-order valence-electron chi connectivity index (χ0n) is 28.7. The van der Waals surface area contributed by atoms with E-state index in [4.69, 9.17) is 4.42 Å². The number of thiophene rings is 1. The van der Waals surface area contributed by atoms with Crippen LogP contribution in [0.1, 0.15) is 0 Å². The second-order valence-electron chi connectivity index (χ2n) is 13.7. The molecule has 0 aliphatic heterocycles. The molecule has 11 rings (SSSR count). The third kappa shape index (κ3) is 4.93. The van der Waals surface area contributed by atoms with Gasteiger partial charge in [0.1, 0.15) is 11.2 Å². The Labute approximate surface area is 310 Å². The maximum absolute atomic E-state index is 6.53. The Morgan fingerprint density at radius 2 is 1.00 bits per heavy atom. The highest BCUT2D eigenvalue weighted by Crippen LogP contribution is 2.45. The van der Waals surface area contributed by atoms with E-state index in [1.807, 2.05) is 11.3 Å². The van der Waals surface area contributed by atoms with Crippen LogP contribution in [-0.4, -0.2) is 0 Å². The average Bonchev–Trinajstić information content (AvgIpc) is 3.78. The first kappa shape index (κ1) is 30.0. The van der Waals surface area contributed by atoms with E-state index in [0.29, 0.717) is 0 Å². The SMILES string of the molecule is c1ccc(-c2ccc(N(c3ccc(-c4cccc5ccccc45)cc3)c3ccc4oc5ccc6c7cc8ccccc8cc7sc6c5c4c3)cc2)cc1. The molecule has 0 spiro atoms. The molecular formula is C50H31NOS. The summed E-state index contributed by atoms with van der Waals surface area (Å²) in [5.74, 6) is 0. The Bertz CT molecular complexity index is 3150. The maximum Gasteiger partial charge on any atom is 0.136 e.